The van der Waals surface area contributed by atoms with Crippen molar-refractivity contribution in [1.82, 2.24) is 5.32 Å². The van der Waals surface area contributed by atoms with Crippen molar-refractivity contribution in [3.8, 4) is 5.75 Å². The molecular formula is C20H22F2N2O2S. The standard InChI is InChI=1S/C20H22F2N2O2S/c1-26-16-3-2-4-17(10-16)27-13-20(25)23-11-14-7-8-24(12-14)15-5-6-18(21)19(22)9-15/h2-6,9-10,14H,7-8,11-13H2,1H3,(H,23,25). The fourth-order valence-electron chi connectivity index (χ4n) is 3.06. The van der Waals surface area contributed by atoms with Gasteiger partial charge in [-0.1, -0.05) is 6.07 Å². The Hall–Kier alpha value is -2.28. The van der Waals surface area contributed by atoms with E-state index in [0.29, 0.717) is 30.4 Å². The first kappa shape index (κ1) is 19.5. The van der Waals surface area contributed by atoms with E-state index in [1.54, 1.807) is 13.2 Å². The van der Waals surface area contributed by atoms with Gasteiger partial charge in [0.1, 0.15) is 5.75 Å². The van der Waals surface area contributed by atoms with Gasteiger partial charge in [0.2, 0.25) is 5.91 Å². The lowest BCUT2D eigenvalue weighted by molar-refractivity contribution is -0.118. The highest BCUT2D eigenvalue weighted by molar-refractivity contribution is 8.00. The number of nitrogens with zero attached hydrogens (tertiary/aromatic N) is 1. The van der Waals surface area contributed by atoms with Crippen molar-refractivity contribution < 1.29 is 18.3 Å². The number of benzene rings is 2. The maximum atomic E-state index is 13.4. The van der Waals surface area contributed by atoms with E-state index in [0.717, 1.165) is 29.7 Å². The number of hydrogen-bond donors (Lipinski definition) is 1. The van der Waals surface area contributed by atoms with Gasteiger partial charge in [-0.25, -0.2) is 8.78 Å². The monoisotopic (exact) mass is 392 g/mol. The first-order valence-corrected chi connectivity index (χ1v) is 9.77. The lowest BCUT2D eigenvalue weighted by Gasteiger charge is -2.19. The van der Waals surface area contributed by atoms with Crippen LogP contribution >= 0.6 is 11.8 Å². The summed E-state index contributed by atoms with van der Waals surface area (Å²) in [5, 5.41) is 2.96. The zero-order valence-electron chi connectivity index (χ0n) is 15.1. The third-order valence-corrected chi connectivity index (χ3v) is 5.55. The molecule has 1 unspecified atom stereocenters. The van der Waals surface area contributed by atoms with Crippen LogP contribution < -0.4 is 15.0 Å². The van der Waals surface area contributed by atoms with Crippen LogP contribution in [0.5, 0.6) is 5.75 Å². The van der Waals surface area contributed by atoms with Crippen LogP contribution in [-0.2, 0) is 4.79 Å². The second-order valence-corrected chi connectivity index (χ2v) is 7.52. The number of halogens is 2. The van der Waals surface area contributed by atoms with E-state index in [-0.39, 0.29) is 5.91 Å². The van der Waals surface area contributed by atoms with Crippen LogP contribution in [0.3, 0.4) is 0 Å². The van der Waals surface area contributed by atoms with Crippen molar-refractivity contribution in [3.63, 3.8) is 0 Å². The van der Waals surface area contributed by atoms with Crippen LogP contribution in [0.25, 0.3) is 0 Å². The molecule has 0 aromatic heterocycles. The van der Waals surface area contributed by atoms with Gasteiger partial charge in [-0.3, -0.25) is 4.79 Å². The molecule has 1 amide bonds. The van der Waals surface area contributed by atoms with Crippen molar-refractivity contribution >= 4 is 23.4 Å². The van der Waals surface area contributed by atoms with Crippen molar-refractivity contribution in [1.29, 1.82) is 0 Å². The number of hydrogen-bond acceptors (Lipinski definition) is 4. The van der Waals surface area contributed by atoms with Crippen molar-refractivity contribution in [2.45, 2.75) is 11.3 Å². The van der Waals surface area contributed by atoms with Crippen molar-refractivity contribution in [2.75, 3.05) is 37.4 Å². The quantitative estimate of drug-likeness (QED) is 0.730. The van der Waals surface area contributed by atoms with Gasteiger partial charge in [0.05, 0.1) is 12.9 Å². The van der Waals surface area contributed by atoms with Crippen LogP contribution in [0, 0.1) is 17.6 Å². The summed E-state index contributed by atoms with van der Waals surface area (Å²) in [6, 6.07) is 11.6. The molecule has 3 rings (SSSR count). The van der Waals surface area contributed by atoms with E-state index in [1.165, 1.54) is 17.8 Å². The second-order valence-electron chi connectivity index (χ2n) is 6.47. The first-order valence-electron chi connectivity index (χ1n) is 8.78. The van der Waals surface area contributed by atoms with Gasteiger partial charge < -0.3 is 15.0 Å². The molecule has 0 aliphatic carbocycles. The molecule has 1 aliphatic rings. The highest BCUT2D eigenvalue weighted by Crippen LogP contribution is 2.25. The Morgan fingerprint density at radius 1 is 1.26 bits per heavy atom. The minimum Gasteiger partial charge on any atom is -0.497 e. The summed E-state index contributed by atoms with van der Waals surface area (Å²) in [4.78, 5) is 15.1. The Morgan fingerprint density at radius 2 is 2.11 bits per heavy atom. The zero-order valence-corrected chi connectivity index (χ0v) is 15.9. The summed E-state index contributed by atoms with van der Waals surface area (Å²) in [6.45, 7) is 2.07. The third kappa shape index (κ3) is 5.35. The summed E-state index contributed by atoms with van der Waals surface area (Å²) < 4.78 is 31.6. The van der Waals surface area contributed by atoms with E-state index < -0.39 is 11.6 Å². The Kier molecular flexibility index (Phi) is 6.55. The van der Waals surface area contributed by atoms with Crippen LogP contribution in [-0.4, -0.2) is 38.4 Å². The Labute approximate surface area is 161 Å². The number of nitrogens with one attached hydrogen (secondary N) is 1. The number of thioether (sulfide) groups is 1. The minimum absolute atomic E-state index is 0.0194. The van der Waals surface area contributed by atoms with E-state index in [4.69, 9.17) is 4.74 Å². The van der Waals surface area contributed by atoms with Gasteiger partial charge in [0.25, 0.3) is 0 Å². The number of anilines is 1. The number of carbonyl (C=O) groups excluding carboxylic acids is 1. The Morgan fingerprint density at radius 3 is 2.89 bits per heavy atom. The lowest BCUT2D eigenvalue weighted by atomic mass is 10.1. The smallest absolute Gasteiger partial charge is 0.230 e. The molecule has 27 heavy (non-hydrogen) atoms. The SMILES string of the molecule is COc1cccc(SCC(=O)NCC2CCN(c3ccc(F)c(F)c3)C2)c1. The van der Waals surface area contributed by atoms with Gasteiger partial charge in [-0.2, -0.15) is 0 Å². The van der Waals surface area contributed by atoms with Crippen LogP contribution in [0.1, 0.15) is 6.42 Å². The van der Waals surface area contributed by atoms with Crippen molar-refractivity contribution in [3.05, 3.63) is 54.1 Å². The normalized spacial score (nSPS) is 16.4. The molecule has 7 heteroatoms. The van der Waals surface area contributed by atoms with Gasteiger partial charge in [0, 0.05) is 36.3 Å². The van der Waals surface area contributed by atoms with Gasteiger partial charge >= 0.3 is 0 Å². The maximum absolute atomic E-state index is 13.4. The molecule has 0 saturated carbocycles. The summed E-state index contributed by atoms with van der Waals surface area (Å²) in [6.07, 6.45) is 0.905. The van der Waals surface area contributed by atoms with E-state index in [9.17, 15) is 13.6 Å². The summed E-state index contributed by atoms with van der Waals surface area (Å²) in [5.41, 5.74) is 0.677. The fourth-order valence-corrected chi connectivity index (χ4v) is 3.84. The van der Waals surface area contributed by atoms with E-state index in [1.807, 2.05) is 29.2 Å². The number of methoxy groups -OCH3 is 1. The van der Waals surface area contributed by atoms with E-state index >= 15 is 0 Å². The average molecular weight is 392 g/mol. The molecule has 144 valence electrons. The highest BCUT2D eigenvalue weighted by atomic mass is 32.2. The van der Waals surface area contributed by atoms with Crippen LogP contribution in [0.15, 0.2) is 47.4 Å². The highest BCUT2D eigenvalue weighted by Gasteiger charge is 2.23. The fraction of sp³-hybridized carbons (Fsp3) is 0.350. The molecule has 1 atom stereocenters. The van der Waals surface area contributed by atoms with Crippen LogP contribution in [0.4, 0.5) is 14.5 Å². The van der Waals surface area contributed by atoms with Gasteiger partial charge in [-0.15, -0.1) is 11.8 Å². The third-order valence-electron chi connectivity index (χ3n) is 4.55. The predicted molar refractivity (Wildman–Crippen MR) is 103 cm³/mol. The molecule has 4 nitrogen and oxygen atoms in total. The molecule has 2 aromatic rings. The molecule has 1 heterocycles. The molecule has 1 fully saturated rings. The predicted octanol–water partition coefficient (Wildman–Crippen LogP) is 3.71. The first-order chi connectivity index (χ1) is 13.0. The molecule has 1 aliphatic heterocycles. The minimum atomic E-state index is -0.838. The number of amides is 1. The number of ether oxygens (including phenoxy) is 1. The molecular weight excluding hydrogens is 370 g/mol. The number of carbonyl (C=O) groups is 1. The zero-order chi connectivity index (χ0) is 19.2. The summed E-state index contributed by atoms with van der Waals surface area (Å²) in [7, 11) is 1.61. The molecule has 2 aromatic carbocycles. The van der Waals surface area contributed by atoms with Crippen molar-refractivity contribution in [2.24, 2.45) is 5.92 Å². The second kappa shape index (κ2) is 9.08. The summed E-state index contributed by atoms with van der Waals surface area (Å²) >= 11 is 1.46. The lowest BCUT2D eigenvalue weighted by Crippen LogP contribution is -2.32. The van der Waals surface area contributed by atoms with Crippen LogP contribution in [0.2, 0.25) is 0 Å². The average Bonchev–Trinajstić information content (AvgIpc) is 3.16. The molecule has 0 bridgehead atoms. The molecule has 1 N–H and O–H groups in total. The molecule has 0 spiro atoms. The largest absolute Gasteiger partial charge is 0.497 e. The van der Waals surface area contributed by atoms with Gasteiger partial charge in [0.15, 0.2) is 11.6 Å². The molecule has 1 saturated heterocycles. The Balaban J connectivity index is 1.42. The number of rotatable bonds is 7. The Bertz CT molecular complexity index is 803. The topological polar surface area (TPSA) is 41.6 Å². The summed E-state index contributed by atoms with van der Waals surface area (Å²) in [5.74, 6) is -0.289. The van der Waals surface area contributed by atoms with E-state index in [2.05, 4.69) is 5.32 Å². The van der Waals surface area contributed by atoms with Gasteiger partial charge in [-0.05, 0) is 42.7 Å². The maximum Gasteiger partial charge on any atom is 0.230 e. The molecule has 0 radical (unpaired) electrons.